The first-order valence-electron chi connectivity index (χ1n) is 8.86. The largest absolute Gasteiger partial charge is 0.359 e. The van der Waals surface area contributed by atoms with E-state index in [2.05, 4.69) is 10.7 Å². The van der Waals surface area contributed by atoms with E-state index in [1.54, 1.807) is 0 Å². The van der Waals surface area contributed by atoms with Crippen molar-refractivity contribution in [2.75, 3.05) is 7.05 Å². The van der Waals surface area contributed by atoms with Gasteiger partial charge in [-0.2, -0.15) is 0 Å². The number of carbonyl (C=O) groups excluding carboxylic acids is 3. The van der Waals surface area contributed by atoms with Crippen molar-refractivity contribution in [1.29, 1.82) is 0 Å². The van der Waals surface area contributed by atoms with Crippen molar-refractivity contribution in [2.24, 2.45) is 0 Å². The molecule has 29 heavy (non-hydrogen) atoms. The first kappa shape index (κ1) is 20.4. The van der Waals surface area contributed by atoms with Crippen molar-refractivity contribution in [3.05, 3.63) is 71.5 Å². The first-order chi connectivity index (χ1) is 13.9. The number of nitrogens with one attached hydrogen (secondary N) is 2. The molecule has 0 saturated carbocycles. The summed E-state index contributed by atoms with van der Waals surface area (Å²) in [6.07, 6.45) is -0.190. The molecule has 9 heteroatoms. The van der Waals surface area contributed by atoms with E-state index >= 15 is 0 Å². The van der Waals surface area contributed by atoms with E-state index in [1.165, 1.54) is 35.2 Å². The van der Waals surface area contributed by atoms with Crippen molar-refractivity contribution in [1.82, 2.24) is 20.7 Å². The molecule has 0 radical (unpaired) electrons. The zero-order valence-electron chi connectivity index (χ0n) is 15.6. The molecule has 7 nitrogen and oxygen atoms in total. The summed E-state index contributed by atoms with van der Waals surface area (Å²) in [5.74, 6) is -1.98. The molecule has 0 aromatic heterocycles. The predicted octanol–water partition coefficient (Wildman–Crippen LogP) is 1.60. The molecule has 0 spiro atoms. The quantitative estimate of drug-likeness (QED) is 0.702. The lowest BCUT2D eigenvalue weighted by Crippen LogP contribution is -2.50. The van der Waals surface area contributed by atoms with Gasteiger partial charge in [-0.1, -0.05) is 36.4 Å². The van der Waals surface area contributed by atoms with Crippen LogP contribution in [0, 0.1) is 5.82 Å². The summed E-state index contributed by atoms with van der Waals surface area (Å²) in [6.45, 7) is 0.203. The minimum absolute atomic E-state index is 0.0671. The molecule has 0 bridgehead atoms. The monoisotopic (exact) mass is 414 g/mol. The number of hydrazine groups is 1. The topological polar surface area (TPSA) is 81.8 Å². The fraction of sp³-hybridized carbons (Fsp3) is 0.200. The summed E-state index contributed by atoms with van der Waals surface area (Å²) >= 11 is 5.41. The molecule has 1 heterocycles. The van der Waals surface area contributed by atoms with Gasteiger partial charge in [0.1, 0.15) is 11.9 Å². The number of nitrogens with zero attached hydrogens (tertiary/aromatic N) is 2. The fourth-order valence-electron chi connectivity index (χ4n) is 2.95. The number of hydrogen-bond donors (Lipinski definition) is 2. The predicted molar refractivity (Wildman–Crippen MR) is 108 cm³/mol. The minimum Gasteiger partial charge on any atom is -0.359 e. The average molecular weight is 414 g/mol. The number of amides is 3. The van der Waals surface area contributed by atoms with Gasteiger partial charge in [-0.3, -0.25) is 24.7 Å². The van der Waals surface area contributed by atoms with Gasteiger partial charge in [0.05, 0.1) is 13.0 Å². The molecule has 2 aromatic rings. The second-order valence-corrected chi connectivity index (χ2v) is 6.77. The maximum atomic E-state index is 13.4. The number of hydrogen-bond acceptors (Lipinski definition) is 4. The third kappa shape index (κ3) is 4.57. The van der Waals surface area contributed by atoms with Gasteiger partial charge in [0, 0.05) is 12.6 Å². The van der Waals surface area contributed by atoms with Gasteiger partial charge in [-0.25, -0.2) is 9.40 Å². The zero-order chi connectivity index (χ0) is 21.0. The maximum absolute atomic E-state index is 13.4. The fourth-order valence-corrected chi connectivity index (χ4v) is 3.27. The third-order valence-electron chi connectivity index (χ3n) is 4.45. The van der Waals surface area contributed by atoms with Crippen molar-refractivity contribution in [3.8, 4) is 0 Å². The lowest BCUT2D eigenvalue weighted by molar-refractivity contribution is -0.132. The first-order valence-corrected chi connectivity index (χ1v) is 9.27. The van der Waals surface area contributed by atoms with Crippen LogP contribution in [-0.4, -0.2) is 45.8 Å². The van der Waals surface area contributed by atoms with Gasteiger partial charge in [0.15, 0.2) is 5.11 Å². The van der Waals surface area contributed by atoms with Crippen molar-refractivity contribution in [2.45, 2.75) is 19.0 Å². The molecule has 1 atom stereocenters. The summed E-state index contributed by atoms with van der Waals surface area (Å²) in [5.41, 5.74) is 3.46. The van der Waals surface area contributed by atoms with E-state index < -0.39 is 23.7 Å². The summed E-state index contributed by atoms with van der Waals surface area (Å²) in [5, 5.41) is 3.73. The summed E-state index contributed by atoms with van der Waals surface area (Å²) in [7, 11) is 1.46. The van der Waals surface area contributed by atoms with Crippen LogP contribution in [0.15, 0.2) is 54.6 Å². The van der Waals surface area contributed by atoms with E-state index in [-0.39, 0.29) is 29.5 Å². The van der Waals surface area contributed by atoms with Crippen LogP contribution < -0.4 is 10.7 Å². The van der Waals surface area contributed by atoms with Crippen molar-refractivity contribution < 1.29 is 18.8 Å². The highest BCUT2D eigenvalue weighted by Crippen LogP contribution is 2.22. The number of benzene rings is 2. The molecule has 0 unspecified atom stereocenters. The molecular weight excluding hydrogens is 395 g/mol. The van der Waals surface area contributed by atoms with Crippen molar-refractivity contribution >= 4 is 35.1 Å². The Kier molecular flexibility index (Phi) is 6.18. The molecule has 2 N–H and O–H groups in total. The molecule has 150 valence electrons. The Labute approximate surface area is 172 Å². The molecule has 3 rings (SSSR count). The Morgan fingerprint density at radius 2 is 1.86 bits per heavy atom. The smallest absolute Gasteiger partial charge is 0.269 e. The molecule has 0 aliphatic carbocycles. The Morgan fingerprint density at radius 3 is 2.52 bits per heavy atom. The summed E-state index contributed by atoms with van der Waals surface area (Å²) < 4.78 is 13.4. The van der Waals surface area contributed by atoms with Gasteiger partial charge in [0.25, 0.3) is 11.8 Å². The molecule has 1 fully saturated rings. The Balaban J connectivity index is 1.85. The van der Waals surface area contributed by atoms with Crippen LogP contribution in [0.2, 0.25) is 0 Å². The van der Waals surface area contributed by atoms with Crippen LogP contribution >= 0.6 is 12.2 Å². The highest BCUT2D eigenvalue weighted by molar-refractivity contribution is 7.80. The van der Waals surface area contributed by atoms with Gasteiger partial charge in [-0.15, -0.1) is 0 Å². The summed E-state index contributed by atoms with van der Waals surface area (Å²) in [4.78, 5) is 38.8. The lowest BCUT2D eigenvalue weighted by atomic mass is 10.1. The Bertz CT molecular complexity index is 954. The average Bonchev–Trinajstić information content (AvgIpc) is 2.93. The van der Waals surface area contributed by atoms with Crippen LogP contribution in [0.1, 0.15) is 22.3 Å². The van der Waals surface area contributed by atoms with Gasteiger partial charge in [0.2, 0.25) is 5.91 Å². The molecule has 1 aliphatic rings. The number of halogens is 1. The molecule has 3 amide bonds. The van der Waals surface area contributed by atoms with Crippen molar-refractivity contribution in [3.63, 3.8) is 0 Å². The van der Waals surface area contributed by atoms with E-state index in [0.29, 0.717) is 0 Å². The van der Waals surface area contributed by atoms with Gasteiger partial charge >= 0.3 is 0 Å². The van der Waals surface area contributed by atoms with Crippen LogP contribution in [0.3, 0.4) is 0 Å². The lowest BCUT2D eigenvalue weighted by Gasteiger charge is -2.24. The second-order valence-electron chi connectivity index (χ2n) is 6.41. The van der Waals surface area contributed by atoms with Crippen LogP contribution in [0.4, 0.5) is 4.39 Å². The van der Waals surface area contributed by atoms with Gasteiger partial charge in [-0.05, 0) is 36.0 Å². The number of thiocarbonyl (C=S) groups is 1. The third-order valence-corrected chi connectivity index (χ3v) is 4.87. The van der Waals surface area contributed by atoms with Gasteiger partial charge < -0.3 is 5.32 Å². The second kappa shape index (κ2) is 8.78. The Morgan fingerprint density at radius 1 is 1.14 bits per heavy atom. The highest BCUT2D eigenvalue weighted by atomic mass is 32.1. The standard InChI is InChI=1S/C20H19FN4O3S/c1-22-17(26)11-16-19(28)24(12-13-6-3-2-4-7-13)20(29)25(16)23-18(27)14-8-5-9-15(21)10-14/h2-10,16H,11-12H2,1H3,(H,22,26)(H,23,27)/t16-/m0/s1. The van der Waals surface area contributed by atoms with E-state index in [0.717, 1.165) is 11.6 Å². The van der Waals surface area contributed by atoms with Crippen LogP contribution in [-0.2, 0) is 16.1 Å². The highest BCUT2D eigenvalue weighted by Gasteiger charge is 2.44. The molecule has 2 aromatic carbocycles. The molecular formula is C20H19FN4O3S. The number of carbonyl (C=O) groups is 3. The zero-order valence-corrected chi connectivity index (χ0v) is 16.4. The van der Waals surface area contributed by atoms with E-state index in [9.17, 15) is 18.8 Å². The molecule has 1 saturated heterocycles. The maximum Gasteiger partial charge on any atom is 0.269 e. The van der Waals surface area contributed by atoms with Crippen LogP contribution in [0.25, 0.3) is 0 Å². The SMILES string of the molecule is CNC(=O)C[C@H]1C(=O)N(Cc2ccccc2)C(=S)N1NC(=O)c1cccc(F)c1. The van der Waals surface area contributed by atoms with Crippen LogP contribution in [0.5, 0.6) is 0 Å². The normalized spacial score (nSPS) is 16.1. The van der Waals surface area contributed by atoms with E-state index in [1.807, 2.05) is 30.3 Å². The minimum atomic E-state index is -0.997. The van der Waals surface area contributed by atoms with E-state index in [4.69, 9.17) is 12.2 Å². The Hall–Kier alpha value is -3.33. The number of rotatable bonds is 6. The summed E-state index contributed by atoms with van der Waals surface area (Å²) in [6, 6.07) is 13.4. The molecule has 1 aliphatic heterocycles.